The molecule has 23 heavy (non-hydrogen) atoms. The van der Waals surface area contributed by atoms with Gasteiger partial charge in [0.2, 0.25) is 5.91 Å². The molecule has 0 unspecified atom stereocenters. The maximum atomic E-state index is 12.3. The van der Waals surface area contributed by atoms with Gasteiger partial charge in [-0.15, -0.1) is 0 Å². The van der Waals surface area contributed by atoms with E-state index in [-0.39, 0.29) is 11.9 Å². The quantitative estimate of drug-likeness (QED) is 0.936. The first-order chi connectivity index (χ1) is 11.1. The van der Waals surface area contributed by atoms with E-state index in [1.807, 2.05) is 30.5 Å². The summed E-state index contributed by atoms with van der Waals surface area (Å²) in [6.45, 7) is 1.16. The van der Waals surface area contributed by atoms with Crippen molar-refractivity contribution in [2.45, 2.75) is 19.0 Å². The molecule has 1 atom stereocenters. The van der Waals surface area contributed by atoms with E-state index in [1.54, 1.807) is 30.1 Å². The second-order valence-electron chi connectivity index (χ2n) is 5.92. The van der Waals surface area contributed by atoms with Gasteiger partial charge in [0.25, 0.3) is 0 Å². The number of nitrogens with zero attached hydrogens (tertiary/aromatic N) is 3. The molecule has 120 valence electrons. The SMILES string of the molecule is CN(Cc1cccc2cnccc12)C(=O)N[C@@H]1CCN(C)C1=O. The Balaban J connectivity index is 1.69. The van der Waals surface area contributed by atoms with Crippen molar-refractivity contribution < 1.29 is 9.59 Å². The normalized spacial score (nSPS) is 17.6. The Morgan fingerprint density at radius 3 is 3.00 bits per heavy atom. The number of amides is 3. The Bertz CT molecular complexity index is 741. The number of pyridine rings is 1. The van der Waals surface area contributed by atoms with Crippen molar-refractivity contribution >= 4 is 22.7 Å². The molecule has 2 aromatic rings. The number of carbonyl (C=O) groups is 2. The van der Waals surface area contributed by atoms with Crippen LogP contribution < -0.4 is 5.32 Å². The van der Waals surface area contributed by atoms with E-state index in [0.717, 1.165) is 16.3 Å². The molecule has 1 fully saturated rings. The highest BCUT2D eigenvalue weighted by Crippen LogP contribution is 2.19. The maximum Gasteiger partial charge on any atom is 0.318 e. The minimum Gasteiger partial charge on any atom is -0.344 e. The van der Waals surface area contributed by atoms with Crippen LogP contribution in [-0.4, -0.2) is 53.4 Å². The van der Waals surface area contributed by atoms with Crippen molar-refractivity contribution in [3.63, 3.8) is 0 Å². The summed E-state index contributed by atoms with van der Waals surface area (Å²) in [6.07, 6.45) is 4.22. The smallest absolute Gasteiger partial charge is 0.318 e. The van der Waals surface area contributed by atoms with Crippen molar-refractivity contribution in [2.24, 2.45) is 0 Å². The summed E-state index contributed by atoms with van der Waals surface area (Å²) in [5.41, 5.74) is 1.05. The summed E-state index contributed by atoms with van der Waals surface area (Å²) in [5, 5.41) is 4.94. The predicted molar refractivity (Wildman–Crippen MR) is 87.8 cm³/mol. The molecule has 0 saturated carbocycles. The van der Waals surface area contributed by atoms with Gasteiger partial charge in [-0.3, -0.25) is 9.78 Å². The molecule has 1 saturated heterocycles. The monoisotopic (exact) mass is 312 g/mol. The number of nitrogens with one attached hydrogen (secondary N) is 1. The maximum absolute atomic E-state index is 12.3. The van der Waals surface area contributed by atoms with E-state index >= 15 is 0 Å². The van der Waals surface area contributed by atoms with Crippen LogP contribution in [0.25, 0.3) is 10.8 Å². The number of aromatic nitrogens is 1. The third-order valence-corrected chi connectivity index (χ3v) is 4.25. The summed E-state index contributed by atoms with van der Waals surface area (Å²) in [7, 11) is 3.49. The first kappa shape index (κ1) is 15.3. The van der Waals surface area contributed by atoms with Crippen molar-refractivity contribution in [2.75, 3.05) is 20.6 Å². The number of hydrogen-bond acceptors (Lipinski definition) is 3. The van der Waals surface area contributed by atoms with E-state index in [0.29, 0.717) is 19.5 Å². The van der Waals surface area contributed by atoms with Crippen LogP contribution in [0.3, 0.4) is 0 Å². The fourth-order valence-electron chi connectivity index (χ4n) is 2.87. The number of likely N-dealkylation sites (tertiary alicyclic amines) is 1. The zero-order chi connectivity index (χ0) is 16.4. The Morgan fingerprint density at radius 2 is 2.26 bits per heavy atom. The highest BCUT2D eigenvalue weighted by Gasteiger charge is 2.30. The number of hydrogen-bond donors (Lipinski definition) is 1. The van der Waals surface area contributed by atoms with Gasteiger partial charge in [-0.1, -0.05) is 18.2 Å². The molecule has 6 nitrogen and oxygen atoms in total. The lowest BCUT2D eigenvalue weighted by Crippen LogP contribution is -2.46. The van der Waals surface area contributed by atoms with E-state index in [1.165, 1.54) is 0 Å². The number of carbonyl (C=O) groups excluding carboxylic acids is 2. The predicted octanol–water partition coefficient (Wildman–Crippen LogP) is 1.61. The first-order valence-electron chi connectivity index (χ1n) is 7.64. The lowest BCUT2D eigenvalue weighted by Gasteiger charge is -2.21. The molecule has 2 heterocycles. The minimum atomic E-state index is -0.410. The average molecular weight is 312 g/mol. The lowest BCUT2D eigenvalue weighted by atomic mass is 10.1. The molecule has 1 aromatic heterocycles. The molecule has 0 aliphatic carbocycles. The summed E-state index contributed by atoms with van der Waals surface area (Å²) in [4.78, 5) is 31.6. The van der Waals surface area contributed by atoms with Crippen molar-refractivity contribution in [1.29, 1.82) is 0 Å². The van der Waals surface area contributed by atoms with Crippen molar-refractivity contribution in [3.8, 4) is 0 Å². The second kappa shape index (κ2) is 6.24. The minimum absolute atomic E-state index is 0.0250. The Hall–Kier alpha value is -2.63. The van der Waals surface area contributed by atoms with Gasteiger partial charge in [0.1, 0.15) is 6.04 Å². The molecule has 6 heteroatoms. The zero-order valence-electron chi connectivity index (χ0n) is 13.3. The van der Waals surface area contributed by atoms with Gasteiger partial charge in [-0.25, -0.2) is 4.79 Å². The van der Waals surface area contributed by atoms with Gasteiger partial charge in [0, 0.05) is 45.0 Å². The first-order valence-corrected chi connectivity index (χ1v) is 7.64. The van der Waals surface area contributed by atoms with Gasteiger partial charge in [0.15, 0.2) is 0 Å². The molecule has 1 aliphatic rings. The van der Waals surface area contributed by atoms with Crippen LogP contribution in [0.15, 0.2) is 36.7 Å². The van der Waals surface area contributed by atoms with Crippen LogP contribution in [0.5, 0.6) is 0 Å². The lowest BCUT2D eigenvalue weighted by molar-refractivity contribution is -0.128. The van der Waals surface area contributed by atoms with Crippen LogP contribution in [0.4, 0.5) is 4.79 Å². The second-order valence-corrected chi connectivity index (χ2v) is 5.92. The Labute approximate surface area is 135 Å². The summed E-state index contributed by atoms with van der Waals surface area (Å²) in [6, 6.07) is 7.27. The Morgan fingerprint density at radius 1 is 1.43 bits per heavy atom. The highest BCUT2D eigenvalue weighted by molar-refractivity contribution is 5.89. The molecule has 1 aromatic carbocycles. The molecule has 0 bridgehead atoms. The zero-order valence-corrected chi connectivity index (χ0v) is 13.3. The number of fused-ring (bicyclic) bond motifs is 1. The van der Waals surface area contributed by atoms with Gasteiger partial charge in [-0.05, 0) is 23.4 Å². The molecular weight excluding hydrogens is 292 g/mol. The number of urea groups is 1. The third-order valence-electron chi connectivity index (χ3n) is 4.25. The fourth-order valence-corrected chi connectivity index (χ4v) is 2.87. The Kier molecular flexibility index (Phi) is 4.14. The van der Waals surface area contributed by atoms with Crippen LogP contribution in [0, 0.1) is 0 Å². The summed E-state index contributed by atoms with van der Waals surface area (Å²) in [5.74, 6) is -0.0250. The van der Waals surface area contributed by atoms with Crippen molar-refractivity contribution in [3.05, 3.63) is 42.2 Å². The van der Waals surface area contributed by atoms with Gasteiger partial charge in [0.05, 0.1) is 0 Å². The molecular formula is C17H20N4O2. The highest BCUT2D eigenvalue weighted by atomic mass is 16.2. The van der Waals surface area contributed by atoms with Gasteiger partial charge in [-0.2, -0.15) is 0 Å². The van der Waals surface area contributed by atoms with E-state index in [2.05, 4.69) is 10.3 Å². The van der Waals surface area contributed by atoms with Crippen molar-refractivity contribution in [1.82, 2.24) is 20.1 Å². The van der Waals surface area contributed by atoms with Crippen LogP contribution in [-0.2, 0) is 11.3 Å². The molecule has 3 rings (SSSR count). The molecule has 0 radical (unpaired) electrons. The number of likely N-dealkylation sites (N-methyl/N-ethyl adjacent to an activating group) is 1. The van der Waals surface area contributed by atoms with E-state index < -0.39 is 6.04 Å². The van der Waals surface area contributed by atoms with E-state index in [4.69, 9.17) is 0 Å². The number of rotatable bonds is 3. The molecule has 1 N–H and O–H groups in total. The average Bonchev–Trinajstić information content (AvgIpc) is 2.87. The third kappa shape index (κ3) is 3.11. The van der Waals surface area contributed by atoms with Gasteiger partial charge < -0.3 is 15.1 Å². The topological polar surface area (TPSA) is 65.5 Å². The standard InChI is InChI=1S/C17H20N4O2/c1-20-9-7-15(16(20)22)19-17(23)21(2)11-13-5-3-4-12-10-18-8-6-14(12)13/h3-6,8,10,15H,7,9,11H2,1-2H3,(H,19,23)/t15-/m1/s1. The molecule has 0 spiro atoms. The number of benzene rings is 1. The van der Waals surface area contributed by atoms with Crippen LogP contribution in [0.2, 0.25) is 0 Å². The van der Waals surface area contributed by atoms with Crippen LogP contribution >= 0.6 is 0 Å². The molecule has 1 aliphatic heterocycles. The summed E-state index contributed by atoms with van der Waals surface area (Å²) >= 11 is 0. The fraction of sp³-hybridized carbons (Fsp3) is 0.353. The largest absolute Gasteiger partial charge is 0.344 e. The van der Waals surface area contributed by atoms with Gasteiger partial charge >= 0.3 is 6.03 Å². The summed E-state index contributed by atoms with van der Waals surface area (Å²) < 4.78 is 0. The van der Waals surface area contributed by atoms with Crippen LogP contribution in [0.1, 0.15) is 12.0 Å². The molecule has 3 amide bonds. The van der Waals surface area contributed by atoms with E-state index in [9.17, 15) is 9.59 Å².